The number of benzene rings is 1. The van der Waals surface area contributed by atoms with Crippen molar-refractivity contribution in [2.45, 2.75) is 59.5 Å². The number of anilines is 1. The lowest BCUT2D eigenvalue weighted by atomic mass is 10.00. The molecule has 1 aromatic rings. The Kier molecular flexibility index (Phi) is 7.16. The molecule has 1 aromatic carbocycles. The summed E-state index contributed by atoms with van der Waals surface area (Å²) in [5.74, 6) is 0.394. The molecule has 0 fully saturated rings. The number of halogens is 1. The first kappa shape index (κ1) is 18.0. The third kappa shape index (κ3) is 4.44. The van der Waals surface area contributed by atoms with Crippen molar-refractivity contribution in [1.29, 1.82) is 0 Å². The van der Waals surface area contributed by atoms with Gasteiger partial charge < -0.3 is 10.2 Å². The lowest BCUT2D eigenvalue weighted by Crippen LogP contribution is -2.39. The van der Waals surface area contributed by atoms with Crippen LogP contribution in [-0.4, -0.2) is 19.6 Å². The summed E-state index contributed by atoms with van der Waals surface area (Å²) in [6, 6.07) is 5.95. The van der Waals surface area contributed by atoms with Crippen LogP contribution < -0.4 is 10.2 Å². The first-order chi connectivity index (χ1) is 9.96. The Balaban J connectivity index is 3.34. The van der Waals surface area contributed by atoms with E-state index in [1.54, 1.807) is 6.07 Å². The van der Waals surface area contributed by atoms with E-state index in [9.17, 15) is 4.39 Å². The molecular weight excluding hydrogens is 263 g/mol. The Morgan fingerprint density at radius 3 is 2.24 bits per heavy atom. The van der Waals surface area contributed by atoms with Gasteiger partial charge in [0.05, 0.1) is 5.69 Å². The highest BCUT2D eigenvalue weighted by atomic mass is 19.1. The van der Waals surface area contributed by atoms with Crippen LogP contribution in [0.3, 0.4) is 0 Å². The predicted octanol–water partition coefficient (Wildman–Crippen LogP) is 4.76. The van der Waals surface area contributed by atoms with Crippen molar-refractivity contribution in [3.8, 4) is 0 Å². The molecule has 0 bridgehead atoms. The minimum Gasteiger partial charge on any atom is -0.366 e. The summed E-state index contributed by atoms with van der Waals surface area (Å²) in [4.78, 5) is 2.28. The molecule has 1 N–H and O–H groups in total. The molecule has 0 aliphatic heterocycles. The monoisotopic (exact) mass is 294 g/mol. The van der Waals surface area contributed by atoms with Gasteiger partial charge in [0.1, 0.15) is 5.82 Å². The van der Waals surface area contributed by atoms with Crippen molar-refractivity contribution < 1.29 is 4.39 Å². The zero-order valence-electron chi connectivity index (χ0n) is 14.4. The first-order valence-corrected chi connectivity index (χ1v) is 8.18. The van der Waals surface area contributed by atoms with Crippen molar-refractivity contribution in [3.63, 3.8) is 0 Å². The topological polar surface area (TPSA) is 15.3 Å². The summed E-state index contributed by atoms with van der Waals surface area (Å²) in [5.41, 5.74) is 1.83. The number of nitrogens with one attached hydrogen (secondary N) is 1. The molecule has 0 aliphatic carbocycles. The standard InChI is InChI=1S/C18H31FN2/c1-7-15(8-2)21(12-13(3)4)18-16(14(5)20-6)10-9-11-17(18)19/h9-11,13-15,20H,7-8,12H2,1-6H3. The highest BCUT2D eigenvalue weighted by Gasteiger charge is 2.24. The van der Waals surface area contributed by atoms with Crippen LogP contribution in [0.4, 0.5) is 10.1 Å². The molecular formula is C18H31FN2. The van der Waals surface area contributed by atoms with E-state index in [2.05, 4.69) is 44.8 Å². The van der Waals surface area contributed by atoms with E-state index in [0.29, 0.717) is 12.0 Å². The smallest absolute Gasteiger partial charge is 0.146 e. The van der Waals surface area contributed by atoms with Gasteiger partial charge in [0.25, 0.3) is 0 Å². The normalized spacial score (nSPS) is 13.0. The molecule has 0 spiro atoms. The summed E-state index contributed by atoms with van der Waals surface area (Å²) >= 11 is 0. The van der Waals surface area contributed by atoms with Crippen molar-refractivity contribution in [3.05, 3.63) is 29.6 Å². The summed E-state index contributed by atoms with van der Waals surface area (Å²) in [5, 5.41) is 3.24. The molecule has 0 amide bonds. The van der Waals surface area contributed by atoms with Gasteiger partial charge in [0, 0.05) is 18.6 Å². The summed E-state index contributed by atoms with van der Waals surface area (Å²) in [6.07, 6.45) is 2.07. The lowest BCUT2D eigenvalue weighted by Gasteiger charge is -2.36. The van der Waals surface area contributed by atoms with E-state index in [0.717, 1.165) is 30.6 Å². The van der Waals surface area contributed by atoms with Crippen LogP contribution >= 0.6 is 0 Å². The average molecular weight is 294 g/mol. The molecule has 0 saturated heterocycles. The van der Waals surface area contributed by atoms with Gasteiger partial charge in [-0.15, -0.1) is 0 Å². The van der Waals surface area contributed by atoms with Crippen LogP contribution in [0.15, 0.2) is 18.2 Å². The molecule has 21 heavy (non-hydrogen) atoms. The van der Waals surface area contributed by atoms with Gasteiger partial charge in [-0.1, -0.05) is 39.8 Å². The van der Waals surface area contributed by atoms with Gasteiger partial charge in [-0.25, -0.2) is 4.39 Å². The average Bonchev–Trinajstić information content (AvgIpc) is 2.46. The minimum atomic E-state index is -0.109. The quantitative estimate of drug-likeness (QED) is 0.744. The van der Waals surface area contributed by atoms with Crippen molar-refractivity contribution in [1.82, 2.24) is 5.32 Å². The Morgan fingerprint density at radius 2 is 1.76 bits per heavy atom. The van der Waals surface area contributed by atoms with Gasteiger partial charge in [-0.05, 0) is 44.4 Å². The van der Waals surface area contributed by atoms with Crippen molar-refractivity contribution in [2.24, 2.45) is 5.92 Å². The van der Waals surface area contributed by atoms with E-state index in [4.69, 9.17) is 0 Å². The van der Waals surface area contributed by atoms with Crippen LogP contribution in [0.5, 0.6) is 0 Å². The van der Waals surface area contributed by atoms with Crippen LogP contribution in [0.25, 0.3) is 0 Å². The third-order valence-corrected chi connectivity index (χ3v) is 4.15. The fraction of sp³-hybridized carbons (Fsp3) is 0.667. The fourth-order valence-electron chi connectivity index (χ4n) is 2.89. The van der Waals surface area contributed by atoms with Gasteiger partial charge >= 0.3 is 0 Å². The summed E-state index contributed by atoms with van der Waals surface area (Å²) < 4.78 is 14.6. The maximum atomic E-state index is 14.6. The number of nitrogens with zero attached hydrogens (tertiary/aromatic N) is 1. The van der Waals surface area contributed by atoms with E-state index < -0.39 is 0 Å². The fourth-order valence-corrected chi connectivity index (χ4v) is 2.89. The molecule has 0 aliphatic rings. The van der Waals surface area contributed by atoms with E-state index in [1.807, 2.05) is 19.2 Å². The summed E-state index contributed by atoms with van der Waals surface area (Å²) in [7, 11) is 1.92. The second-order valence-corrected chi connectivity index (χ2v) is 6.20. The highest BCUT2D eigenvalue weighted by molar-refractivity contribution is 5.57. The highest BCUT2D eigenvalue weighted by Crippen LogP contribution is 2.32. The van der Waals surface area contributed by atoms with Gasteiger partial charge in [0.15, 0.2) is 0 Å². The molecule has 1 unspecified atom stereocenters. The second kappa shape index (κ2) is 8.38. The maximum Gasteiger partial charge on any atom is 0.146 e. The lowest BCUT2D eigenvalue weighted by molar-refractivity contribution is 0.490. The zero-order valence-corrected chi connectivity index (χ0v) is 14.4. The van der Waals surface area contributed by atoms with E-state index >= 15 is 0 Å². The van der Waals surface area contributed by atoms with E-state index in [-0.39, 0.29) is 11.9 Å². The van der Waals surface area contributed by atoms with Crippen LogP contribution in [0.2, 0.25) is 0 Å². The maximum absolute atomic E-state index is 14.6. The molecule has 0 aromatic heterocycles. The van der Waals surface area contributed by atoms with Crippen molar-refractivity contribution >= 4 is 5.69 Å². The largest absolute Gasteiger partial charge is 0.366 e. The SMILES string of the molecule is CCC(CC)N(CC(C)C)c1c(F)cccc1C(C)NC. The van der Waals surface area contributed by atoms with Crippen LogP contribution in [0, 0.1) is 11.7 Å². The van der Waals surface area contributed by atoms with Gasteiger partial charge in [-0.3, -0.25) is 0 Å². The first-order valence-electron chi connectivity index (χ1n) is 8.18. The third-order valence-electron chi connectivity index (χ3n) is 4.15. The Hall–Kier alpha value is -1.09. The Bertz CT molecular complexity index is 427. The summed E-state index contributed by atoms with van der Waals surface area (Å²) in [6.45, 7) is 11.7. The second-order valence-electron chi connectivity index (χ2n) is 6.20. The predicted molar refractivity (Wildman–Crippen MR) is 90.4 cm³/mol. The molecule has 0 heterocycles. The van der Waals surface area contributed by atoms with Crippen molar-refractivity contribution in [2.75, 3.05) is 18.5 Å². The van der Waals surface area contributed by atoms with Crippen LogP contribution in [-0.2, 0) is 0 Å². The van der Waals surface area contributed by atoms with Gasteiger partial charge in [0.2, 0.25) is 0 Å². The zero-order chi connectivity index (χ0) is 16.0. The molecule has 1 atom stereocenters. The van der Waals surface area contributed by atoms with Crippen LogP contribution in [0.1, 0.15) is 59.1 Å². The molecule has 0 radical (unpaired) electrons. The molecule has 1 rings (SSSR count). The molecule has 2 nitrogen and oxygen atoms in total. The molecule has 0 saturated carbocycles. The Labute approximate surface area is 129 Å². The Morgan fingerprint density at radius 1 is 1.14 bits per heavy atom. The number of hydrogen-bond acceptors (Lipinski definition) is 2. The molecule has 3 heteroatoms. The number of rotatable bonds is 8. The van der Waals surface area contributed by atoms with Gasteiger partial charge in [-0.2, -0.15) is 0 Å². The number of para-hydroxylation sites is 1. The van der Waals surface area contributed by atoms with E-state index in [1.165, 1.54) is 0 Å². The minimum absolute atomic E-state index is 0.109. The molecule has 120 valence electrons. The number of hydrogen-bond donors (Lipinski definition) is 1.